The molecule has 2 heteroatoms. The molecular formula is C12H14O2. The molecule has 0 aliphatic heterocycles. The molecule has 0 radical (unpaired) electrons. The SMILES string of the molecule is CC1=C(C)C(=O)C2CC=CCC2C1=O. The summed E-state index contributed by atoms with van der Waals surface area (Å²) in [6.45, 7) is 3.54. The van der Waals surface area contributed by atoms with Crippen molar-refractivity contribution in [2.24, 2.45) is 11.8 Å². The zero-order valence-corrected chi connectivity index (χ0v) is 8.54. The van der Waals surface area contributed by atoms with Crippen molar-refractivity contribution >= 4 is 11.6 Å². The second kappa shape index (κ2) is 3.19. The molecule has 74 valence electrons. The molecule has 14 heavy (non-hydrogen) atoms. The number of hydrogen-bond donors (Lipinski definition) is 0. The third-order valence-electron chi connectivity index (χ3n) is 3.41. The van der Waals surface area contributed by atoms with Crippen LogP contribution >= 0.6 is 0 Å². The van der Waals surface area contributed by atoms with Crippen molar-refractivity contribution in [3.63, 3.8) is 0 Å². The summed E-state index contributed by atoms with van der Waals surface area (Å²) in [5, 5.41) is 0. The molecule has 2 aliphatic rings. The highest BCUT2D eigenvalue weighted by Crippen LogP contribution is 2.35. The van der Waals surface area contributed by atoms with Crippen molar-refractivity contribution in [1.29, 1.82) is 0 Å². The van der Waals surface area contributed by atoms with Crippen LogP contribution in [-0.2, 0) is 9.59 Å². The smallest absolute Gasteiger partial charge is 0.163 e. The minimum atomic E-state index is -0.0730. The summed E-state index contributed by atoms with van der Waals surface area (Å²) >= 11 is 0. The number of rotatable bonds is 0. The van der Waals surface area contributed by atoms with Crippen molar-refractivity contribution in [2.45, 2.75) is 26.7 Å². The Labute approximate surface area is 83.7 Å². The van der Waals surface area contributed by atoms with Crippen LogP contribution in [0.3, 0.4) is 0 Å². The monoisotopic (exact) mass is 190 g/mol. The Morgan fingerprint density at radius 3 is 1.64 bits per heavy atom. The highest BCUT2D eigenvalue weighted by Gasteiger charge is 2.39. The van der Waals surface area contributed by atoms with Crippen LogP contribution in [0.4, 0.5) is 0 Å². The van der Waals surface area contributed by atoms with Crippen molar-refractivity contribution < 1.29 is 9.59 Å². The molecule has 0 saturated heterocycles. The zero-order chi connectivity index (χ0) is 10.3. The predicted molar refractivity (Wildman–Crippen MR) is 53.7 cm³/mol. The van der Waals surface area contributed by atoms with Gasteiger partial charge < -0.3 is 0 Å². The summed E-state index contributed by atoms with van der Waals surface area (Å²) < 4.78 is 0. The molecule has 2 nitrogen and oxygen atoms in total. The Balaban J connectivity index is 2.44. The van der Waals surface area contributed by atoms with Gasteiger partial charge in [-0.25, -0.2) is 0 Å². The number of carbonyl (C=O) groups excluding carboxylic acids is 2. The topological polar surface area (TPSA) is 34.1 Å². The van der Waals surface area contributed by atoms with Gasteiger partial charge in [-0.1, -0.05) is 12.2 Å². The molecule has 0 bridgehead atoms. The van der Waals surface area contributed by atoms with Gasteiger partial charge in [-0.2, -0.15) is 0 Å². The van der Waals surface area contributed by atoms with Gasteiger partial charge in [0.1, 0.15) is 0 Å². The van der Waals surface area contributed by atoms with E-state index in [0.29, 0.717) is 11.1 Å². The Morgan fingerprint density at radius 1 is 0.929 bits per heavy atom. The molecule has 0 aromatic carbocycles. The summed E-state index contributed by atoms with van der Waals surface area (Å²) in [7, 11) is 0. The molecule has 0 spiro atoms. The number of ketones is 2. The van der Waals surface area contributed by atoms with Crippen LogP contribution in [0.15, 0.2) is 23.3 Å². The van der Waals surface area contributed by atoms with Crippen LogP contribution in [0.25, 0.3) is 0 Å². The summed E-state index contributed by atoms with van der Waals surface area (Å²) in [5.74, 6) is 0.209. The highest BCUT2D eigenvalue weighted by molar-refractivity contribution is 6.13. The molecule has 0 N–H and O–H groups in total. The first kappa shape index (κ1) is 9.38. The van der Waals surface area contributed by atoms with Gasteiger partial charge in [-0.05, 0) is 37.8 Å². The molecule has 0 aromatic heterocycles. The minimum absolute atomic E-state index is 0.0730. The third-order valence-corrected chi connectivity index (χ3v) is 3.41. The van der Waals surface area contributed by atoms with Crippen LogP contribution in [0.5, 0.6) is 0 Å². The molecule has 2 rings (SSSR count). The van der Waals surface area contributed by atoms with E-state index in [2.05, 4.69) is 0 Å². The van der Waals surface area contributed by atoms with E-state index in [1.807, 2.05) is 12.2 Å². The predicted octanol–water partition coefficient (Wildman–Crippen LogP) is 2.06. The fourth-order valence-electron chi connectivity index (χ4n) is 2.32. The van der Waals surface area contributed by atoms with Gasteiger partial charge in [-0.3, -0.25) is 9.59 Å². The fourth-order valence-corrected chi connectivity index (χ4v) is 2.32. The molecule has 2 unspecified atom stereocenters. The quantitative estimate of drug-likeness (QED) is 0.548. The van der Waals surface area contributed by atoms with E-state index in [-0.39, 0.29) is 23.4 Å². The summed E-state index contributed by atoms with van der Waals surface area (Å²) in [6.07, 6.45) is 5.50. The lowest BCUT2D eigenvalue weighted by molar-refractivity contribution is -0.130. The Hall–Kier alpha value is -1.18. The average molecular weight is 190 g/mol. The number of carbonyl (C=O) groups is 2. The second-order valence-corrected chi connectivity index (χ2v) is 4.13. The third kappa shape index (κ3) is 1.17. The maximum Gasteiger partial charge on any atom is 0.163 e. The number of fused-ring (bicyclic) bond motifs is 1. The Kier molecular flexibility index (Phi) is 2.14. The van der Waals surface area contributed by atoms with Crippen LogP contribution in [0.1, 0.15) is 26.7 Å². The maximum absolute atomic E-state index is 11.9. The summed E-state index contributed by atoms with van der Waals surface area (Å²) in [4.78, 5) is 23.7. The average Bonchev–Trinajstić information content (AvgIpc) is 2.23. The summed E-state index contributed by atoms with van der Waals surface area (Å²) in [5.41, 5.74) is 1.35. The van der Waals surface area contributed by atoms with E-state index in [1.54, 1.807) is 13.8 Å². The van der Waals surface area contributed by atoms with E-state index < -0.39 is 0 Å². The number of Topliss-reactive ketones (excluding diaryl/α,β-unsaturated/α-hetero) is 2. The second-order valence-electron chi connectivity index (χ2n) is 4.13. The normalized spacial score (nSPS) is 32.1. The fraction of sp³-hybridized carbons (Fsp3) is 0.500. The van der Waals surface area contributed by atoms with Crippen LogP contribution in [0.2, 0.25) is 0 Å². The molecule has 2 atom stereocenters. The lowest BCUT2D eigenvalue weighted by Gasteiger charge is -2.31. The maximum atomic E-state index is 11.9. The Morgan fingerprint density at radius 2 is 1.29 bits per heavy atom. The van der Waals surface area contributed by atoms with E-state index in [4.69, 9.17) is 0 Å². The van der Waals surface area contributed by atoms with Gasteiger partial charge >= 0.3 is 0 Å². The molecule has 2 aliphatic carbocycles. The van der Waals surface area contributed by atoms with E-state index in [1.165, 1.54) is 0 Å². The standard InChI is InChI=1S/C12H14O2/c1-7-8(2)12(14)10-6-4-3-5-9(10)11(7)13/h3-4,9-10H,5-6H2,1-2H3. The lowest BCUT2D eigenvalue weighted by Crippen LogP contribution is -2.37. The number of allylic oxidation sites excluding steroid dienone is 4. The molecule has 0 aromatic rings. The van der Waals surface area contributed by atoms with E-state index in [0.717, 1.165) is 12.8 Å². The van der Waals surface area contributed by atoms with Crippen LogP contribution in [-0.4, -0.2) is 11.6 Å². The van der Waals surface area contributed by atoms with E-state index >= 15 is 0 Å². The van der Waals surface area contributed by atoms with Gasteiger partial charge in [0, 0.05) is 11.8 Å². The van der Waals surface area contributed by atoms with Crippen LogP contribution in [0, 0.1) is 11.8 Å². The largest absolute Gasteiger partial charge is 0.294 e. The lowest BCUT2D eigenvalue weighted by atomic mass is 9.70. The zero-order valence-electron chi connectivity index (χ0n) is 8.54. The first-order valence-corrected chi connectivity index (χ1v) is 5.04. The highest BCUT2D eigenvalue weighted by atomic mass is 16.1. The molecule has 0 amide bonds. The molecule has 0 saturated carbocycles. The van der Waals surface area contributed by atoms with Gasteiger partial charge in [0.05, 0.1) is 0 Å². The van der Waals surface area contributed by atoms with Gasteiger partial charge in [0.15, 0.2) is 11.6 Å². The molecule has 0 heterocycles. The summed E-state index contributed by atoms with van der Waals surface area (Å²) in [6, 6.07) is 0. The minimum Gasteiger partial charge on any atom is -0.294 e. The molecular weight excluding hydrogens is 176 g/mol. The molecule has 0 fully saturated rings. The first-order valence-electron chi connectivity index (χ1n) is 5.04. The van der Waals surface area contributed by atoms with Gasteiger partial charge in [-0.15, -0.1) is 0 Å². The van der Waals surface area contributed by atoms with Crippen molar-refractivity contribution in [2.75, 3.05) is 0 Å². The van der Waals surface area contributed by atoms with Gasteiger partial charge in [0.2, 0.25) is 0 Å². The number of hydrogen-bond acceptors (Lipinski definition) is 2. The van der Waals surface area contributed by atoms with E-state index in [9.17, 15) is 9.59 Å². The van der Waals surface area contributed by atoms with Crippen molar-refractivity contribution in [1.82, 2.24) is 0 Å². The Bertz CT molecular complexity index is 327. The van der Waals surface area contributed by atoms with Crippen molar-refractivity contribution in [3.05, 3.63) is 23.3 Å². The first-order chi connectivity index (χ1) is 6.63. The van der Waals surface area contributed by atoms with Crippen molar-refractivity contribution in [3.8, 4) is 0 Å². The van der Waals surface area contributed by atoms with Crippen LogP contribution < -0.4 is 0 Å². The van der Waals surface area contributed by atoms with Gasteiger partial charge in [0.25, 0.3) is 0 Å².